The Bertz CT molecular complexity index is 382. The molecule has 1 amide bonds. The van der Waals surface area contributed by atoms with Gasteiger partial charge in [0.2, 0.25) is 5.91 Å². The number of hydrogen-bond acceptors (Lipinski definition) is 2. The molecule has 0 radical (unpaired) electrons. The van der Waals surface area contributed by atoms with Crippen LogP contribution in [-0.2, 0) is 4.79 Å². The first-order chi connectivity index (χ1) is 9.50. The Balaban J connectivity index is 1.81. The summed E-state index contributed by atoms with van der Waals surface area (Å²) in [6.07, 6.45) is 9.49. The highest BCUT2D eigenvalue weighted by Gasteiger charge is 2.51. The third kappa shape index (κ3) is 2.61. The fourth-order valence-corrected chi connectivity index (χ4v) is 5.10. The van der Waals surface area contributed by atoms with Crippen LogP contribution in [0.3, 0.4) is 0 Å². The minimum absolute atomic E-state index is 0.0687. The van der Waals surface area contributed by atoms with Gasteiger partial charge < -0.3 is 10.6 Å². The lowest BCUT2D eigenvalue weighted by Gasteiger charge is -2.55. The van der Waals surface area contributed by atoms with Gasteiger partial charge in [-0.2, -0.15) is 0 Å². The van der Waals surface area contributed by atoms with E-state index in [9.17, 15) is 4.79 Å². The smallest absolute Gasteiger partial charge is 0.223 e. The Hall–Kier alpha value is -0.570. The Morgan fingerprint density at radius 3 is 2.60 bits per heavy atom. The molecule has 0 aromatic heterocycles. The average molecular weight is 278 g/mol. The number of fused-ring (bicyclic) bond motifs is 2. The Morgan fingerprint density at radius 2 is 2.00 bits per heavy atom. The summed E-state index contributed by atoms with van der Waals surface area (Å²) in [6, 6.07) is 0. The van der Waals surface area contributed by atoms with Gasteiger partial charge in [0, 0.05) is 17.0 Å². The topological polar surface area (TPSA) is 41.1 Å². The van der Waals surface area contributed by atoms with E-state index in [0.717, 1.165) is 37.5 Å². The molecule has 0 aromatic rings. The third-order valence-electron chi connectivity index (χ3n) is 6.05. The minimum Gasteiger partial charge on any atom is -0.350 e. The molecule has 0 saturated heterocycles. The van der Waals surface area contributed by atoms with E-state index in [0.29, 0.717) is 11.8 Å². The van der Waals surface area contributed by atoms with Gasteiger partial charge in [-0.1, -0.05) is 13.8 Å². The number of carbonyl (C=O) groups is 1. The van der Waals surface area contributed by atoms with Crippen LogP contribution in [0.5, 0.6) is 0 Å². The van der Waals surface area contributed by atoms with Crippen LogP contribution in [-0.4, -0.2) is 24.0 Å². The average Bonchev–Trinajstić information content (AvgIpc) is 3.20. The summed E-state index contributed by atoms with van der Waals surface area (Å²) in [7, 11) is 2.10. The zero-order valence-electron chi connectivity index (χ0n) is 13.3. The maximum absolute atomic E-state index is 12.3. The molecule has 0 spiro atoms. The molecule has 3 nitrogen and oxygen atoms in total. The first-order valence-electron chi connectivity index (χ1n) is 8.51. The highest BCUT2D eigenvalue weighted by molar-refractivity contribution is 5.81. The fraction of sp³-hybridized carbons (Fsp3) is 0.941. The van der Waals surface area contributed by atoms with Crippen LogP contribution >= 0.6 is 0 Å². The quantitative estimate of drug-likeness (QED) is 0.830. The van der Waals surface area contributed by atoms with Gasteiger partial charge in [0.1, 0.15) is 0 Å². The number of amides is 1. The molecular formula is C17H30N2O. The van der Waals surface area contributed by atoms with E-state index in [4.69, 9.17) is 0 Å². The van der Waals surface area contributed by atoms with E-state index >= 15 is 0 Å². The van der Waals surface area contributed by atoms with Crippen LogP contribution < -0.4 is 10.6 Å². The Labute approximate surface area is 123 Å². The molecular weight excluding hydrogens is 248 g/mol. The van der Waals surface area contributed by atoms with Crippen molar-refractivity contribution in [2.75, 3.05) is 7.05 Å². The van der Waals surface area contributed by atoms with Gasteiger partial charge >= 0.3 is 0 Å². The van der Waals surface area contributed by atoms with Crippen LogP contribution in [0.25, 0.3) is 0 Å². The van der Waals surface area contributed by atoms with Gasteiger partial charge in [-0.05, 0) is 70.3 Å². The molecule has 0 aromatic carbocycles. The van der Waals surface area contributed by atoms with Crippen LogP contribution in [0.4, 0.5) is 0 Å². The van der Waals surface area contributed by atoms with Gasteiger partial charge in [-0.3, -0.25) is 4.79 Å². The monoisotopic (exact) mass is 278 g/mol. The molecule has 20 heavy (non-hydrogen) atoms. The van der Waals surface area contributed by atoms with E-state index in [1.165, 1.54) is 25.7 Å². The van der Waals surface area contributed by atoms with Crippen LogP contribution in [0.15, 0.2) is 0 Å². The van der Waals surface area contributed by atoms with Gasteiger partial charge in [-0.15, -0.1) is 0 Å². The van der Waals surface area contributed by atoms with Crippen LogP contribution in [0, 0.1) is 17.8 Å². The standard InChI is InChI=1S/C17H30N2O/c1-4-16(18-3)9-13-7-12(2)8-17(10-13,11-16)19-15(20)14-5-6-14/h12-14,18H,4-11H2,1-3H3,(H,19,20). The van der Waals surface area contributed by atoms with E-state index in [-0.39, 0.29) is 11.1 Å². The first kappa shape index (κ1) is 14.4. The molecule has 3 aliphatic carbocycles. The van der Waals surface area contributed by atoms with Crippen molar-refractivity contribution in [2.45, 2.75) is 76.3 Å². The largest absolute Gasteiger partial charge is 0.350 e. The van der Waals surface area contributed by atoms with E-state index < -0.39 is 0 Å². The van der Waals surface area contributed by atoms with Crippen molar-refractivity contribution in [2.24, 2.45) is 17.8 Å². The predicted molar refractivity (Wildman–Crippen MR) is 81.4 cm³/mol. The maximum Gasteiger partial charge on any atom is 0.223 e. The molecule has 2 N–H and O–H groups in total. The lowest BCUT2D eigenvalue weighted by atomic mass is 9.57. The summed E-state index contributed by atoms with van der Waals surface area (Å²) in [4.78, 5) is 12.3. The Morgan fingerprint density at radius 1 is 1.25 bits per heavy atom. The third-order valence-corrected chi connectivity index (χ3v) is 6.05. The maximum atomic E-state index is 12.3. The van der Waals surface area contributed by atoms with E-state index in [1.807, 2.05) is 0 Å². The summed E-state index contributed by atoms with van der Waals surface area (Å²) < 4.78 is 0. The van der Waals surface area contributed by atoms with Crippen LogP contribution in [0.2, 0.25) is 0 Å². The SMILES string of the molecule is CCC1(NC)CC2CC(C)CC(NC(=O)C3CC3)(C2)C1. The Kier molecular flexibility index (Phi) is 3.60. The van der Waals surface area contributed by atoms with Crippen molar-refractivity contribution < 1.29 is 4.79 Å². The second-order valence-corrected chi connectivity index (χ2v) is 7.92. The van der Waals surface area contributed by atoms with Gasteiger partial charge in [0.05, 0.1) is 0 Å². The molecule has 114 valence electrons. The van der Waals surface area contributed by atoms with Crippen molar-refractivity contribution in [3.8, 4) is 0 Å². The van der Waals surface area contributed by atoms with Gasteiger partial charge in [0.25, 0.3) is 0 Å². The second kappa shape index (κ2) is 5.01. The van der Waals surface area contributed by atoms with Crippen molar-refractivity contribution >= 4 is 5.91 Å². The number of hydrogen-bond donors (Lipinski definition) is 2. The highest BCUT2D eigenvalue weighted by atomic mass is 16.2. The fourth-order valence-electron chi connectivity index (χ4n) is 5.10. The number of nitrogens with one attached hydrogen (secondary N) is 2. The second-order valence-electron chi connectivity index (χ2n) is 7.92. The molecule has 3 fully saturated rings. The minimum atomic E-state index is 0.0687. The summed E-state index contributed by atoms with van der Waals surface area (Å²) in [6.45, 7) is 4.65. The zero-order valence-corrected chi connectivity index (χ0v) is 13.3. The number of rotatable bonds is 4. The first-order valence-corrected chi connectivity index (χ1v) is 8.51. The summed E-state index contributed by atoms with van der Waals surface area (Å²) in [5.41, 5.74) is 0.305. The zero-order chi connectivity index (χ0) is 14.4. The van der Waals surface area contributed by atoms with Crippen molar-refractivity contribution in [3.63, 3.8) is 0 Å². The van der Waals surface area contributed by atoms with Gasteiger partial charge in [0.15, 0.2) is 0 Å². The van der Waals surface area contributed by atoms with Crippen LogP contribution in [0.1, 0.15) is 65.2 Å². The molecule has 4 atom stereocenters. The van der Waals surface area contributed by atoms with E-state index in [1.54, 1.807) is 0 Å². The molecule has 0 heterocycles. The summed E-state index contributed by atoms with van der Waals surface area (Å²) in [5, 5.41) is 7.10. The molecule has 2 bridgehead atoms. The lowest BCUT2D eigenvalue weighted by molar-refractivity contribution is -0.126. The molecule has 3 aliphatic rings. The van der Waals surface area contributed by atoms with Crippen molar-refractivity contribution in [1.82, 2.24) is 10.6 Å². The summed E-state index contributed by atoms with van der Waals surface area (Å²) in [5.74, 6) is 2.19. The molecule has 3 saturated carbocycles. The lowest BCUT2D eigenvalue weighted by Crippen LogP contribution is -2.64. The highest BCUT2D eigenvalue weighted by Crippen LogP contribution is 2.50. The van der Waals surface area contributed by atoms with Crippen molar-refractivity contribution in [3.05, 3.63) is 0 Å². The normalized spacial score (nSPS) is 44.1. The van der Waals surface area contributed by atoms with Crippen molar-refractivity contribution in [1.29, 1.82) is 0 Å². The molecule has 3 heteroatoms. The number of carbonyl (C=O) groups excluding carboxylic acids is 1. The molecule has 3 rings (SSSR count). The van der Waals surface area contributed by atoms with E-state index in [2.05, 4.69) is 31.5 Å². The molecule has 4 unspecified atom stereocenters. The van der Waals surface area contributed by atoms with Gasteiger partial charge in [-0.25, -0.2) is 0 Å². The molecule has 0 aliphatic heterocycles. The predicted octanol–water partition coefficient (Wildman–Crippen LogP) is 2.85. The summed E-state index contributed by atoms with van der Waals surface area (Å²) >= 11 is 0.